The molecule has 4 heteroatoms. The van der Waals surface area contributed by atoms with Crippen LogP contribution >= 0.6 is 22.9 Å². The molecule has 1 aromatic carbocycles. The average Bonchev–Trinajstić information content (AvgIpc) is 3.12. The van der Waals surface area contributed by atoms with Crippen molar-refractivity contribution in [1.29, 1.82) is 0 Å². The first-order valence-corrected chi connectivity index (χ1v) is 7.40. The van der Waals surface area contributed by atoms with E-state index in [2.05, 4.69) is 11.4 Å². The van der Waals surface area contributed by atoms with Crippen molar-refractivity contribution in [1.82, 2.24) is 5.32 Å². The molecule has 0 aliphatic heterocycles. The molecular weight excluding hydrogens is 266 g/mol. The molecule has 0 unspecified atom stereocenters. The van der Waals surface area contributed by atoms with Crippen molar-refractivity contribution < 1.29 is 4.74 Å². The Morgan fingerprint density at radius 3 is 3.00 bits per heavy atom. The lowest BCUT2D eigenvalue weighted by molar-refractivity contribution is 0.185. The molecule has 1 aromatic heterocycles. The molecule has 1 saturated carbocycles. The van der Waals surface area contributed by atoms with Gasteiger partial charge in [0, 0.05) is 30.1 Å². The van der Waals surface area contributed by atoms with Gasteiger partial charge >= 0.3 is 0 Å². The molecule has 0 saturated heterocycles. The molecule has 2 nitrogen and oxygen atoms in total. The Bertz CT molecular complexity index is 562. The van der Waals surface area contributed by atoms with Crippen LogP contribution in [-0.4, -0.2) is 13.2 Å². The molecule has 1 N–H and O–H groups in total. The van der Waals surface area contributed by atoms with Crippen LogP contribution in [0.4, 0.5) is 0 Å². The molecule has 0 spiro atoms. The number of thiophene rings is 1. The van der Waals surface area contributed by atoms with Crippen LogP contribution in [-0.2, 0) is 17.9 Å². The Hall–Kier alpha value is -0.610. The van der Waals surface area contributed by atoms with Gasteiger partial charge in [0.05, 0.1) is 16.3 Å². The molecule has 0 bridgehead atoms. The van der Waals surface area contributed by atoms with Gasteiger partial charge in [-0.15, -0.1) is 11.3 Å². The fourth-order valence-electron chi connectivity index (χ4n) is 2.16. The topological polar surface area (TPSA) is 21.3 Å². The predicted molar refractivity (Wildman–Crippen MR) is 77.4 cm³/mol. The second-order valence-electron chi connectivity index (χ2n) is 4.71. The van der Waals surface area contributed by atoms with Crippen molar-refractivity contribution in [3.8, 4) is 0 Å². The number of nitrogens with one attached hydrogen (secondary N) is 1. The number of methoxy groups -OCH3 is 1. The molecule has 1 fully saturated rings. The fraction of sp³-hybridized carbons (Fsp3) is 0.429. The predicted octanol–water partition coefficient (Wildman–Crippen LogP) is 3.95. The van der Waals surface area contributed by atoms with E-state index < -0.39 is 0 Å². The number of fused-ring (bicyclic) bond motifs is 1. The van der Waals surface area contributed by atoms with Gasteiger partial charge in [0.15, 0.2) is 0 Å². The van der Waals surface area contributed by atoms with Crippen LogP contribution in [0.15, 0.2) is 18.2 Å². The van der Waals surface area contributed by atoms with Crippen LogP contribution in [0.25, 0.3) is 10.1 Å². The third-order valence-corrected chi connectivity index (χ3v) is 4.98. The largest absolute Gasteiger partial charge is 0.380 e. The zero-order valence-corrected chi connectivity index (χ0v) is 11.9. The minimum absolute atomic E-state index is 0.655. The van der Waals surface area contributed by atoms with Crippen molar-refractivity contribution in [2.24, 2.45) is 0 Å². The summed E-state index contributed by atoms with van der Waals surface area (Å²) in [7, 11) is 1.74. The number of hydrogen-bond donors (Lipinski definition) is 1. The molecule has 2 aromatic rings. The van der Waals surface area contributed by atoms with E-state index in [1.807, 2.05) is 12.1 Å². The Kier molecular flexibility index (Phi) is 3.57. The summed E-state index contributed by atoms with van der Waals surface area (Å²) in [5.74, 6) is 0. The van der Waals surface area contributed by atoms with E-state index in [1.54, 1.807) is 18.4 Å². The second-order valence-corrected chi connectivity index (χ2v) is 6.22. The maximum Gasteiger partial charge on any atom is 0.0730 e. The minimum atomic E-state index is 0.655. The summed E-state index contributed by atoms with van der Waals surface area (Å²) in [6, 6.07) is 6.82. The van der Waals surface area contributed by atoms with Crippen LogP contribution in [0, 0.1) is 0 Å². The lowest BCUT2D eigenvalue weighted by Crippen LogP contribution is -2.15. The Balaban J connectivity index is 1.98. The van der Waals surface area contributed by atoms with E-state index in [1.165, 1.54) is 33.4 Å². The van der Waals surface area contributed by atoms with Crippen LogP contribution < -0.4 is 5.32 Å². The highest BCUT2D eigenvalue weighted by molar-refractivity contribution is 7.20. The third-order valence-electron chi connectivity index (χ3n) is 3.27. The van der Waals surface area contributed by atoms with Crippen LogP contribution in [0.1, 0.15) is 23.3 Å². The zero-order valence-electron chi connectivity index (χ0n) is 10.3. The first kappa shape index (κ1) is 12.4. The van der Waals surface area contributed by atoms with Gasteiger partial charge < -0.3 is 10.1 Å². The van der Waals surface area contributed by atoms with Crippen molar-refractivity contribution in [3.05, 3.63) is 33.7 Å². The quantitative estimate of drug-likeness (QED) is 0.896. The van der Waals surface area contributed by atoms with Crippen molar-refractivity contribution in [2.45, 2.75) is 32.0 Å². The zero-order chi connectivity index (χ0) is 12.5. The third kappa shape index (κ3) is 2.41. The van der Waals surface area contributed by atoms with E-state index in [-0.39, 0.29) is 0 Å². The van der Waals surface area contributed by atoms with E-state index in [0.717, 1.165) is 17.6 Å². The summed E-state index contributed by atoms with van der Waals surface area (Å²) in [6.45, 7) is 1.58. The summed E-state index contributed by atoms with van der Waals surface area (Å²) in [6.07, 6.45) is 2.62. The van der Waals surface area contributed by atoms with Gasteiger partial charge in [-0.3, -0.25) is 0 Å². The lowest BCUT2D eigenvalue weighted by atomic mass is 10.1. The van der Waals surface area contributed by atoms with Gasteiger partial charge in [0.25, 0.3) is 0 Å². The first-order chi connectivity index (χ1) is 8.79. The lowest BCUT2D eigenvalue weighted by Gasteiger charge is -2.04. The molecule has 3 rings (SSSR count). The number of ether oxygens (including phenoxy) is 1. The SMILES string of the molecule is COCc1c(CNC2CC2)sc2c(Cl)cccc12. The maximum absolute atomic E-state index is 6.27. The first-order valence-electron chi connectivity index (χ1n) is 6.20. The molecule has 1 aliphatic carbocycles. The Morgan fingerprint density at radius 2 is 2.28 bits per heavy atom. The highest BCUT2D eigenvalue weighted by Crippen LogP contribution is 2.36. The molecule has 0 radical (unpaired) electrons. The number of hydrogen-bond acceptors (Lipinski definition) is 3. The van der Waals surface area contributed by atoms with Gasteiger partial charge in [0.1, 0.15) is 0 Å². The van der Waals surface area contributed by atoms with Crippen molar-refractivity contribution in [2.75, 3.05) is 7.11 Å². The standard InChI is InChI=1S/C14H16ClNOS/c1-17-8-11-10-3-2-4-12(15)14(10)18-13(11)7-16-9-5-6-9/h2-4,9,16H,5-8H2,1H3. The average molecular weight is 282 g/mol. The number of rotatable bonds is 5. The van der Waals surface area contributed by atoms with Gasteiger partial charge in [-0.05, 0) is 24.3 Å². The smallest absolute Gasteiger partial charge is 0.0730 e. The summed E-state index contributed by atoms with van der Waals surface area (Å²) < 4.78 is 6.51. The van der Waals surface area contributed by atoms with E-state index in [4.69, 9.17) is 16.3 Å². The normalized spacial score (nSPS) is 15.4. The second kappa shape index (κ2) is 5.17. The minimum Gasteiger partial charge on any atom is -0.380 e. The van der Waals surface area contributed by atoms with E-state index >= 15 is 0 Å². The fourth-order valence-corrected chi connectivity index (χ4v) is 3.61. The van der Waals surface area contributed by atoms with Crippen molar-refractivity contribution >= 4 is 33.0 Å². The highest BCUT2D eigenvalue weighted by Gasteiger charge is 2.21. The van der Waals surface area contributed by atoms with Crippen molar-refractivity contribution in [3.63, 3.8) is 0 Å². The Morgan fingerprint density at radius 1 is 1.44 bits per heavy atom. The van der Waals surface area contributed by atoms with Crippen LogP contribution in [0.5, 0.6) is 0 Å². The summed E-state index contributed by atoms with van der Waals surface area (Å²) in [4.78, 5) is 1.35. The van der Waals surface area contributed by atoms with Gasteiger partial charge in [-0.1, -0.05) is 23.7 Å². The molecule has 0 amide bonds. The maximum atomic E-state index is 6.27. The number of halogens is 1. The van der Waals surface area contributed by atoms with Crippen LogP contribution in [0.3, 0.4) is 0 Å². The molecule has 1 aliphatic rings. The summed E-state index contributed by atoms with van der Waals surface area (Å²) in [5.41, 5.74) is 1.29. The van der Waals surface area contributed by atoms with Crippen LogP contribution in [0.2, 0.25) is 5.02 Å². The molecule has 1 heterocycles. The van der Waals surface area contributed by atoms with E-state index in [9.17, 15) is 0 Å². The van der Waals surface area contributed by atoms with Gasteiger partial charge in [-0.2, -0.15) is 0 Å². The summed E-state index contributed by atoms with van der Waals surface area (Å²) >= 11 is 8.05. The molecule has 0 atom stereocenters. The van der Waals surface area contributed by atoms with Gasteiger partial charge in [0.2, 0.25) is 0 Å². The highest BCUT2D eigenvalue weighted by atomic mass is 35.5. The molecule has 18 heavy (non-hydrogen) atoms. The molecule has 96 valence electrons. The summed E-state index contributed by atoms with van der Waals surface area (Å²) in [5, 5.41) is 5.64. The van der Waals surface area contributed by atoms with Gasteiger partial charge in [-0.25, -0.2) is 0 Å². The number of benzene rings is 1. The molecular formula is C14H16ClNOS. The monoisotopic (exact) mass is 281 g/mol. The Labute approximate surface area is 116 Å². The van der Waals surface area contributed by atoms with E-state index in [0.29, 0.717) is 6.61 Å².